The van der Waals surface area contributed by atoms with E-state index in [1.165, 1.54) is 6.33 Å². The molecule has 6 heteroatoms. The van der Waals surface area contributed by atoms with Crippen molar-refractivity contribution >= 4 is 29.1 Å². The number of nitrogens with two attached hydrogens (primary N) is 1. The quantitative estimate of drug-likeness (QED) is 0.758. The number of rotatable bonds is 3. The molecule has 0 aliphatic heterocycles. The van der Waals surface area contributed by atoms with Gasteiger partial charge in [0.15, 0.2) is 17.0 Å². The molecule has 0 saturated carbocycles. The number of hydrogen-bond acceptors (Lipinski definition) is 5. The minimum atomic E-state index is 0.371. The van der Waals surface area contributed by atoms with Crippen molar-refractivity contribution in [3.05, 3.63) is 42.0 Å². The maximum Gasteiger partial charge on any atom is 0.163 e. The van der Waals surface area contributed by atoms with Gasteiger partial charge in [0.2, 0.25) is 0 Å². The van der Waals surface area contributed by atoms with E-state index in [-0.39, 0.29) is 0 Å². The molecule has 0 spiro atoms. The fourth-order valence-corrected chi connectivity index (χ4v) is 1.83. The second kappa shape index (κ2) is 5.00. The van der Waals surface area contributed by atoms with Gasteiger partial charge in [-0.05, 0) is 23.8 Å². The minimum absolute atomic E-state index is 0.371. The van der Waals surface area contributed by atoms with Gasteiger partial charge in [0.25, 0.3) is 0 Å². The normalized spacial score (nSPS) is 11.2. The van der Waals surface area contributed by atoms with Crippen LogP contribution >= 0.6 is 0 Å². The molecule has 0 fully saturated rings. The van der Waals surface area contributed by atoms with Crippen LogP contribution in [0, 0.1) is 0 Å². The maximum atomic E-state index is 5.74. The molecule has 0 aliphatic carbocycles. The SMILES string of the molecule is COc1ccc(/C=C/c2nc3c(N)ncnc3[nH]2)cc1. The first-order valence-electron chi connectivity index (χ1n) is 6.04. The van der Waals surface area contributed by atoms with Crippen LogP contribution in [0.4, 0.5) is 5.82 Å². The van der Waals surface area contributed by atoms with Crippen LogP contribution in [0.1, 0.15) is 11.4 Å². The molecule has 0 bridgehead atoms. The van der Waals surface area contributed by atoms with Crippen LogP contribution in [0.5, 0.6) is 5.75 Å². The van der Waals surface area contributed by atoms with Gasteiger partial charge >= 0.3 is 0 Å². The summed E-state index contributed by atoms with van der Waals surface area (Å²) < 4.78 is 5.11. The molecule has 0 atom stereocenters. The van der Waals surface area contributed by atoms with Crippen molar-refractivity contribution in [2.75, 3.05) is 12.8 Å². The molecule has 0 saturated heterocycles. The predicted molar refractivity (Wildman–Crippen MR) is 78.0 cm³/mol. The molecule has 3 N–H and O–H groups in total. The van der Waals surface area contributed by atoms with Gasteiger partial charge in [-0.1, -0.05) is 18.2 Å². The highest BCUT2D eigenvalue weighted by Gasteiger charge is 2.05. The first-order chi connectivity index (χ1) is 9.76. The van der Waals surface area contributed by atoms with E-state index < -0.39 is 0 Å². The summed E-state index contributed by atoms with van der Waals surface area (Å²) in [6.45, 7) is 0. The van der Waals surface area contributed by atoms with Crippen molar-refractivity contribution in [2.24, 2.45) is 0 Å². The Hall–Kier alpha value is -2.89. The first kappa shape index (κ1) is 12.2. The van der Waals surface area contributed by atoms with E-state index in [2.05, 4.69) is 19.9 Å². The summed E-state index contributed by atoms with van der Waals surface area (Å²) in [6.07, 6.45) is 5.22. The Kier molecular flexibility index (Phi) is 3.04. The van der Waals surface area contributed by atoms with Crippen molar-refractivity contribution in [3.63, 3.8) is 0 Å². The number of aromatic amines is 1. The second-order valence-corrected chi connectivity index (χ2v) is 4.18. The fraction of sp³-hybridized carbons (Fsp3) is 0.0714. The van der Waals surface area contributed by atoms with Crippen LogP contribution in [-0.4, -0.2) is 27.0 Å². The Labute approximate surface area is 115 Å². The summed E-state index contributed by atoms with van der Waals surface area (Å²) in [6, 6.07) is 7.74. The van der Waals surface area contributed by atoms with Gasteiger partial charge in [-0.15, -0.1) is 0 Å². The molecular weight excluding hydrogens is 254 g/mol. The monoisotopic (exact) mass is 267 g/mol. The van der Waals surface area contributed by atoms with Crippen LogP contribution in [0.3, 0.4) is 0 Å². The van der Waals surface area contributed by atoms with Crippen molar-refractivity contribution < 1.29 is 4.74 Å². The molecule has 0 radical (unpaired) electrons. The predicted octanol–water partition coefficient (Wildman–Crippen LogP) is 2.11. The smallest absolute Gasteiger partial charge is 0.163 e. The lowest BCUT2D eigenvalue weighted by Gasteiger charge is -1.98. The van der Waals surface area contributed by atoms with E-state index in [1.807, 2.05) is 36.4 Å². The number of hydrogen-bond donors (Lipinski definition) is 2. The molecule has 3 rings (SSSR count). The maximum absolute atomic E-state index is 5.74. The average molecular weight is 267 g/mol. The van der Waals surface area contributed by atoms with Gasteiger partial charge in [-0.2, -0.15) is 0 Å². The molecule has 2 heterocycles. The third-order valence-electron chi connectivity index (χ3n) is 2.88. The summed E-state index contributed by atoms with van der Waals surface area (Å²) in [5.41, 5.74) is 8.00. The summed E-state index contributed by atoms with van der Waals surface area (Å²) in [4.78, 5) is 15.4. The third kappa shape index (κ3) is 2.31. The number of H-pyrrole nitrogens is 1. The summed E-state index contributed by atoms with van der Waals surface area (Å²) in [5.74, 6) is 1.88. The molecule has 20 heavy (non-hydrogen) atoms. The number of methoxy groups -OCH3 is 1. The number of nitrogen functional groups attached to an aromatic ring is 1. The zero-order valence-corrected chi connectivity index (χ0v) is 10.9. The van der Waals surface area contributed by atoms with Gasteiger partial charge in [0.05, 0.1) is 7.11 Å². The number of anilines is 1. The lowest BCUT2D eigenvalue weighted by Crippen LogP contribution is -1.91. The number of benzene rings is 1. The molecule has 1 aromatic carbocycles. The largest absolute Gasteiger partial charge is 0.497 e. The number of nitrogens with one attached hydrogen (secondary N) is 1. The zero-order valence-electron chi connectivity index (χ0n) is 10.9. The lowest BCUT2D eigenvalue weighted by molar-refractivity contribution is 0.415. The Morgan fingerprint density at radius 2 is 1.95 bits per heavy atom. The molecule has 0 aliphatic rings. The number of nitrogens with zero attached hydrogens (tertiary/aromatic N) is 3. The molecule has 0 unspecified atom stereocenters. The van der Waals surface area contributed by atoms with Crippen molar-refractivity contribution in [2.45, 2.75) is 0 Å². The number of fused-ring (bicyclic) bond motifs is 1. The Morgan fingerprint density at radius 1 is 1.15 bits per heavy atom. The first-order valence-corrected chi connectivity index (χ1v) is 6.04. The Morgan fingerprint density at radius 3 is 2.65 bits per heavy atom. The van der Waals surface area contributed by atoms with E-state index in [0.717, 1.165) is 11.3 Å². The highest BCUT2D eigenvalue weighted by atomic mass is 16.5. The van der Waals surface area contributed by atoms with Gasteiger partial charge in [0.1, 0.15) is 17.9 Å². The number of aromatic nitrogens is 4. The highest BCUT2D eigenvalue weighted by molar-refractivity contribution is 5.83. The lowest BCUT2D eigenvalue weighted by atomic mass is 10.2. The standard InChI is InChI=1S/C14H13N5O/c1-20-10-5-2-9(3-6-10)4-7-11-18-12-13(15)16-8-17-14(12)19-11/h2-8H,1H3,(H3,15,16,17,18,19)/b7-4+. The molecule has 100 valence electrons. The Bertz CT molecular complexity index is 761. The van der Waals surface area contributed by atoms with Crippen LogP contribution < -0.4 is 10.5 Å². The average Bonchev–Trinajstić information content (AvgIpc) is 2.90. The summed E-state index contributed by atoms with van der Waals surface area (Å²) in [7, 11) is 1.64. The van der Waals surface area contributed by atoms with Gasteiger partial charge in [-0.3, -0.25) is 0 Å². The number of imidazole rings is 1. The van der Waals surface area contributed by atoms with Crippen molar-refractivity contribution in [1.82, 2.24) is 19.9 Å². The molecular formula is C14H13N5O. The fourth-order valence-electron chi connectivity index (χ4n) is 1.83. The number of ether oxygens (including phenoxy) is 1. The van der Waals surface area contributed by atoms with Gasteiger partial charge in [-0.25, -0.2) is 15.0 Å². The third-order valence-corrected chi connectivity index (χ3v) is 2.88. The van der Waals surface area contributed by atoms with E-state index >= 15 is 0 Å². The van der Waals surface area contributed by atoms with Gasteiger partial charge < -0.3 is 15.5 Å². The summed E-state index contributed by atoms with van der Waals surface area (Å²) >= 11 is 0. The zero-order chi connectivity index (χ0) is 13.9. The van der Waals surface area contributed by atoms with Crippen LogP contribution in [0.2, 0.25) is 0 Å². The van der Waals surface area contributed by atoms with Crippen LogP contribution in [0.25, 0.3) is 23.3 Å². The van der Waals surface area contributed by atoms with E-state index in [0.29, 0.717) is 22.8 Å². The van der Waals surface area contributed by atoms with E-state index in [4.69, 9.17) is 10.5 Å². The molecule has 6 nitrogen and oxygen atoms in total. The minimum Gasteiger partial charge on any atom is -0.497 e. The molecule has 2 aromatic heterocycles. The molecule has 0 amide bonds. The summed E-state index contributed by atoms with van der Waals surface area (Å²) in [5, 5.41) is 0. The van der Waals surface area contributed by atoms with Crippen molar-refractivity contribution in [3.8, 4) is 5.75 Å². The van der Waals surface area contributed by atoms with E-state index in [9.17, 15) is 0 Å². The molecule has 3 aromatic rings. The second-order valence-electron chi connectivity index (χ2n) is 4.18. The van der Waals surface area contributed by atoms with Crippen molar-refractivity contribution in [1.29, 1.82) is 0 Å². The Balaban J connectivity index is 1.88. The van der Waals surface area contributed by atoms with Crippen LogP contribution in [-0.2, 0) is 0 Å². The highest BCUT2D eigenvalue weighted by Crippen LogP contribution is 2.16. The van der Waals surface area contributed by atoms with Gasteiger partial charge in [0, 0.05) is 0 Å². The van der Waals surface area contributed by atoms with Crippen LogP contribution in [0.15, 0.2) is 30.6 Å². The topological polar surface area (TPSA) is 89.7 Å². The van der Waals surface area contributed by atoms with E-state index in [1.54, 1.807) is 7.11 Å².